The lowest BCUT2D eigenvalue weighted by Crippen LogP contribution is -2.54. The Hall–Kier alpha value is -0.723. The molecule has 1 aromatic rings. The van der Waals surface area contributed by atoms with Crippen molar-refractivity contribution in [3.05, 3.63) is 30.1 Å². The van der Waals surface area contributed by atoms with Crippen molar-refractivity contribution in [1.82, 2.24) is 4.39 Å². The number of hydrogen-bond donors (Lipinski definition) is 1. The third-order valence-electron chi connectivity index (χ3n) is 3.39. The molecule has 0 aliphatic carbocycles. The van der Waals surface area contributed by atoms with Crippen LogP contribution in [0.4, 0.5) is 4.39 Å². The minimum absolute atomic E-state index is 0.0971. The standard InChI is InChI=1S/C12H20FNO2SSi/c1-12(2,3)18(4,5)14-17(15,16)11-8-6-10(13)7-9-11/h6-9,14H,1-5H3. The van der Waals surface area contributed by atoms with Crippen LogP contribution in [0.5, 0.6) is 0 Å². The molecule has 0 aliphatic heterocycles. The number of halogens is 1. The van der Waals surface area contributed by atoms with Crippen molar-refractivity contribution in [2.75, 3.05) is 0 Å². The summed E-state index contributed by atoms with van der Waals surface area (Å²) >= 11 is 0. The first-order chi connectivity index (χ1) is 7.96. The minimum atomic E-state index is -3.57. The predicted octanol–water partition coefficient (Wildman–Crippen LogP) is 3.11. The van der Waals surface area contributed by atoms with Crippen molar-refractivity contribution < 1.29 is 12.8 Å². The fourth-order valence-electron chi connectivity index (χ4n) is 1.16. The Labute approximate surface area is 110 Å². The molecule has 0 aliphatic rings. The largest absolute Gasteiger partial charge is 0.234 e. The smallest absolute Gasteiger partial charge is 0.233 e. The van der Waals surface area contributed by atoms with Crippen molar-refractivity contribution >= 4 is 18.3 Å². The molecule has 0 saturated carbocycles. The Morgan fingerprint density at radius 1 is 1.11 bits per heavy atom. The molecule has 0 spiro atoms. The van der Waals surface area contributed by atoms with Crippen LogP contribution in [0.25, 0.3) is 0 Å². The zero-order valence-corrected chi connectivity index (χ0v) is 13.2. The van der Waals surface area contributed by atoms with Gasteiger partial charge in [0.15, 0.2) is 0 Å². The van der Waals surface area contributed by atoms with Crippen LogP contribution in [0.2, 0.25) is 18.1 Å². The van der Waals surface area contributed by atoms with E-state index in [0.717, 1.165) is 12.1 Å². The number of sulfonamides is 1. The van der Waals surface area contributed by atoms with Gasteiger partial charge in [0, 0.05) is 0 Å². The average Bonchev–Trinajstić information content (AvgIpc) is 2.14. The van der Waals surface area contributed by atoms with Gasteiger partial charge in [0.2, 0.25) is 10.0 Å². The van der Waals surface area contributed by atoms with E-state index < -0.39 is 24.1 Å². The van der Waals surface area contributed by atoms with Crippen molar-refractivity contribution in [2.24, 2.45) is 0 Å². The van der Waals surface area contributed by atoms with E-state index in [-0.39, 0.29) is 9.93 Å². The summed E-state index contributed by atoms with van der Waals surface area (Å²) < 4.78 is 40.0. The van der Waals surface area contributed by atoms with Gasteiger partial charge in [-0.3, -0.25) is 0 Å². The molecule has 1 rings (SSSR count). The second-order valence-corrected chi connectivity index (χ2v) is 13.0. The first-order valence-electron chi connectivity index (χ1n) is 5.75. The zero-order chi connectivity index (χ0) is 14.2. The van der Waals surface area contributed by atoms with Gasteiger partial charge in [-0.2, -0.15) is 0 Å². The van der Waals surface area contributed by atoms with E-state index >= 15 is 0 Å². The number of nitrogens with one attached hydrogen (secondary N) is 1. The summed E-state index contributed by atoms with van der Waals surface area (Å²) in [5.41, 5.74) is 0. The van der Waals surface area contributed by atoms with Gasteiger partial charge in [-0.15, -0.1) is 0 Å². The Morgan fingerprint density at radius 3 is 1.94 bits per heavy atom. The van der Waals surface area contributed by atoms with Crippen LogP contribution >= 0.6 is 0 Å². The van der Waals surface area contributed by atoms with Crippen molar-refractivity contribution in [2.45, 2.75) is 43.8 Å². The van der Waals surface area contributed by atoms with Crippen LogP contribution < -0.4 is 4.39 Å². The Morgan fingerprint density at radius 2 is 1.56 bits per heavy atom. The van der Waals surface area contributed by atoms with Gasteiger partial charge in [0.25, 0.3) is 0 Å². The summed E-state index contributed by atoms with van der Waals surface area (Å²) in [5.74, 6) is -0.443. The third kappa shape index (κ3) is 3.40. The predicted molar refractivity (Wildman–Crippen MR) is 73.9 cm³/mol. The summed E-state index contributed by atoms with van der Waals surface area (Å²) in [6, 6.07) is 4.87. The van der Waals surface area contributed by atoms with Gasteiger partial charge < -0.3 is 0 Å². The van der Waals surface area contributed by atoms with Crippen LogP contribution in [0.15, 0.2) is 29.2 Å². The molecule has 0 atom stereocenters. The highest BCUT2D eigenvalue weighted by molar-refractivity contribution is 7.91. The van der Waals surface area contributed by atoms with E-state index in [9.17, 15) is 12.8 Å². The second kappa shape index (κ2) is 4.75. The summed E-state index contributed by atoms with van der Waals surface area (Å²) in [6.45, 7) is 9.99. The van der Waals surface area contributed by atoms with Crippen molar-refractivity contribution in [3.63, 3.8) is 0 Å². The summed E-state index contributed by atoms with van der Waals surface area (Å²) in [4.78, 5) is 0.105. The molecule has 18 heavy (non-hydrogen) atoms. The highest BCUT2D eigenvalue weighted by Gasteiger charge is 2.39. The minimum Gasteiger partial charge on any atom is -0.233 e. The zero-order valence-electron chi connectivity index (χ0n) is 11.4. The molecule has 0 amide bonds. The van der Waals surface area contributed by atoms with Crippen LogP contribution in [-0.4, -0.2) is 16.7 Å². The van der Waals surface area contributed by atoms with E-state index in [0.29, 0.717) is 0 Å². The number of benzene rings is 1. The van der Waals surface area contributed by atoms with E-state index in [4.69, 9.17) is 0 Å². The normalized spacial score (nSPS) is 13.7. The first-order valence-corrected chi connectivity index (χ1v) is 10.2. The molecule has 0 heterocycles. The molecule has 0 saturated heterocycles. The highest BCUT2D eigenvalue weighted by Crippen LogP contribution is 2.34. The second-order valence-electron chi connectivity index (χ2n) is 5.93. The summed E-state index contributed by atoms with van der Waals surface area (Å²) in [7, 11) is -5.74. The van der Waals surface area contributed by atoms with Crippen molar-refractivity contribution in [3.8, 4) is 0 Å². The number of hydrogen-bond acceptors (Lipinski definition) is 2. The summed E-state index contributed by atoms with van der Waals surface area (Å²) in [5, 5.41) is -0.0971. The molecule has 1 N–H and O–H groups in total. The van der Waals surface area contributed by atoms with E-state index in [1.165, 1.54) is 12.1 Å². The monoisotopic (exact) mass is 289 g/mol. The molecule has 6 heteroatoms. The van der Waals surface area contributed by atoms with E-state index in [1.807, 2.05) is 33.9 Å². The maximum absolute atomic E-state index is 12.8. The quantitative estimate of drug-likeness (QED) is 0.869. The lowest BCUT2D eigenvalue weighted by atomic mass is 10.2. The van der Waals surface area contributed by atoms with Crippen LogP contribution in [0.3, 0.4) is 0 Å². The van der Waals surface area contributed by atoms with Crippen LogP contribution in [-0.2, 0) is 10.0 Å². The van der Waals surface area contributed by atoms with E-state index in [1.54, 1.807) is 0 Å². The molecule has 0 aromatic heterocycles. The average molecular weight is 289 g/mol. The molecular formula is C12H20FNO2SSi. The Balaban J connectivity index is 3.07. The Kier molecular flexibility index (Phi) is 4.05. The van der Waals surface area contributed by atoms with Gasteiger partial charge in [-0.25, -0.2) is 17.2 Å². The van der Waals surface area contributed by atoms with Gasteiger partial charge in [-0.05, 0) is 29.3 Å². The molecule has 1 aromatic carbocycles. The first kappa shape index (κ1) is 15.3. The topological polar surface area (TPSA) is 46.2 Å². The van der Waals surface area contributed by atoms with Gasteiger partial charge >= 0.3 is 0 Å². The molecule has 102 valence electrons. The van der Waals surface area contributed by atoms with Crippen molar-refractivity contribution in [1.29, 1.82) is 0 Å². The van der Waals surface area contributed by atoms with Crippen LogP contribution in [0, 0.1) is 5.82 Å². The maximum atomic E-state index is 12.8. The number of rotatable bonds is 3. The molecular weight excluding hydrogens is 269 g/mol. The lowest BCUT2D eigenvalue weighted by molar-refractivity contribution is 0.588. The third-order valence-corrected chi connectivity index (χ3v) is 11.1. The molecule has 3 nitrogen and oxygen atoms in total. The molecule has 0 bridgehead atoms. The molecule has 0 unspecified atom stereocenters. The highest BCUT2D eigenvalue weighted by atomic mass is 32.2. The Bertz CT molecular complexity index is 518. The lowest BCUT2D eigenvalue weighted by Gasteiger charge is -2.36. The van der Waals surface area contributed by atoms with Gasteiger partial charge in [0.1, 0.15) is 14.1 Å². The fourth-order valence-corrected chi connectivity index (χ4v) is 6.04. The fraction of sp³-hybridized carbons (Fsp3) is 0.500. The van der Waals surface area contributed by atoms with Gasteiger partial charge in [-0.1, -0.05) is 33.9 Å². The molecule has 0 fully saturated rings. The van der Waals surface area contributed by atoms with E-state index in [2.05, 4.69) is 4.39 Å². The maximum Gasteiger partial charge on any atom is 0.234 e. The van der Waals surface area contributed by atoms with Crippen LogP contribution in [0.1, 0.15) is 20.8 Å². The SMILES string of the molecule is CC(C)(C)[Si](C)(C)NS(=O)(=O)c1ccc(F)cc1. The summed E-state index contributed by atoms with van der Waals surface area (Å²) in [6.07, 6.45) is 0. The van der Waals surface area contributed by atoms with Gasteiger partial charge in [0.05, 0.1) is 4.90 Å². The molecule has 0 radical (unpaired) electrons.